The van der Waals surface area contributed by atoms with Crippen molar-refractivity contribution >= 4 is 29.5 Å². The maximum Gasteiger partial charge on any atom is 0.369 e. The monoisotopic (exact) mass is 335 g/mol. The number of allylic oxidation sites excluding steroid dienone is 1. The third-order valence-electron chi connectivity index (χ3n) is 3.09. The highest BCUT2D eigenvalue weighted by atomic mass is 35.5. The summed E-state index contributed by atoms with van der Waals surface area (Å²) in [5, 5.41) is 12.4. The van der Waals surface area contributed by atoms with E-state index in [1.807, 2.05) is 0 Å². The molecule has 3 rings (SSSR count). The first kappa shape index (κ1) is 15.0. The van der Waals surface area contributed by atoms with Gasteiger partial charge in [-0.3, -0.25) is 0 Å². The molecular formula is C14H11ClFN5O2. The first-order valence-electron chi connectivity index (χ1n) is 6.49. The molecule has 23 heavy (non-hydrogen) atoms. The molecule has 0 spiro atoms. The summed E-state index contributed by atoms with van der Waals surface area (Å²) in [6.45, 7) is 0. The summed E-state index contributed by atoms with van der Waals surface area (Å²) < 4.78 is 15.7. The van der Waals surface area contributed by atoms with Crippen LogP contribution in [0.1, 0.15) is 0 Å². The van der Waals surface area contributed by atoms with Gasteiger partial charge in [0, 0.05) is 24.3 Å². The molecule has 0 radical (unpaired) electrons. The van der Waals surface area contributed by atoms with E-state index in [0.717, 1.165) is 0 Å². The Labute approximate surface area is 135 Å². The highest BCUT2D eigenvalue weighted by Crippen LogP contribution is 2.22. The Morgan fingerprint density at radius 2 is 2.30 bits per heavy atom. The van der Waals surface area contributed by atoms with Gasteiger partial charge in [0.15, 0.2) is 0 Å². The third kappa shape index (κ3) is 3.02. The van der Waals surface area contributed by atoms with Crippen LogP contribution in [-0.4, -0.2) is 32.0 Å². The Kier molecular flexibility index (Phi) is 3.75. The zero-order valence-electron chi connectivity index (χ0n) is 11.6. The quantitative estimate of drug-likeness (QED) is 0.586. The molecule has 0 saturated heterocycles. The van der Waals surface area contributed by atoms with Crippen molar-refractivity contribution in [1.82, 2.24) is 14.9 Å². The summed E-state index contributed by atoms with van der Waals surface area (Å²) >= 11 is 5.82. The lowest BCUT2D eigenvalue weighted by Crippen LogP contribution is -2.48. The van der Waals surface area contributed by atoms with Gasteiger partial charge in [0.1, 0.15) is 11.6 Å². The molecule has 7 nitrogen and oxygen atoms in total. The fourth-order valence-corrected chi connectivity index (χ4v) is 2.16. The molecule has 3 N–H and O–H groups in total. The van der Waals surface area contributed by atoms with Gasteiger partial charge in [0.2, 0.25) is 0 Å². The van der Waals surface area contributed by atoms with E-state index in [4.69, 9.17) is 16.7 Å². The van der Waals surface area contributed by atoms with Crippen molar-refractivity contribution in [1.29, 1.82) is 0 Å². The number of hydrogen-bond acceptors (Lipinski definition) is 5. The molecule has 1 unspecified atom stereocenters. The summed E-state index contributed by atoms with van der Waals surface area (Å²) in [4.78, 5) is 18.6. The maximum absolute atomic E-state index is 14.2. The van der Waals surface area contributed by atoms with E-state index in [0.29, 0.717) is 11.4 Å². The van der Waals surface area contributed by atoms with Gasteiger partial charge < -0.3 is 20.3 Å². The number of anilines is 1. The van der Waals surface area contributed by atoms with Crippen LogP contribution in [0.2, 0.25) is 0 Å². The second kappa shape index (κ2) is 5.73. The van der Waals surface area contributed by atoms with Crippen molar-refractivity contribution in [3.8, 4) is 5.69 Å². The number of benzene rings is 1. The van der Waals surface area contributed by atoms with Crippen molar-refractivity contribution < 1.29 is 14.3 Å². The lowest BCUT2D eigenvalue weighted by Gasteiger charge is -2.25. The Hall–Kier alpha value is -2.87. The number of aromatic nitrogens is 2. The van der Waals surface area contributed by atoms with Crippen LogP contribution in [0.15, 0.2) is 53.8 Å². The molecular weight excluding hydrogens is 325 g/mol. The van der Waals surface area contributed by atoms with Crippen molar-refractivity contribution in [3.05, 3.63) is 54.6 Å². The van der Waals surface area contributed by atoms with Crippen LogP contribution in [-0.2, 0) is 4.79 Å². The number of alkyl halides is 1. The zero-order valence-corrected chi connectivity index (χ0v) is 12.3. The average molecular weight is 336 g/mol. The highest BCUT2D eigenvalue weighted by Gasteiger charge is 2.37. The topological polar surface area (TPSA) is 91.5 Å². The fourth-order valence-electron chi connectivity index (χ4n) is 2.00. The summed E-state index contributed by atoms with van der Waals surface area (Å²) in [6.07, 6.45) is 7.42. The zero-order chi connectivity index (χ0) is 16.4. The number of hydrogen-bond donors (Lipinski definition) is 3. The predicted octanol–water partition coefficient (Wildman–Crippen LogP) is 1.92. The molecule has 0 aliphatic carbocycles. The van der Waals surface area contributed by atoms with Crippen molar-refractivity contribution in [2.24, 2.45) is 4.99 Å². The Morgan fingerprint density at radius 3 is 2.96 bits per heavy atom. The lowest BCUT2D eigenvalue weighted by atomic mass is 10.2. The average Bonchev–Trinajstić information content (AvgIpc) is 3.01. The van der Waals surface area contributed by atoms with Crippen LogP contribution in [0, 0.1) is 5.82 Å². The number of aliphatic imine (C=N–C) groups is 1. The first-order chi connectivity index (χ1) is 11.0. The fraction of sp³-hybridized carbons (Fsp3) is 0.0714. The molecule has 2 aromatic rings. The lowest BCUT2D eigenvalue weighted by molar-refractivity contribution is -0.140. The van der Waals surface area contributed by atoms with Crippen LogP contribution in [0.4, 0.5) is 10.1 Å². The SMILES string of the molecule is O=C(O)C1(Cl)N=CC=C(Nc2ccc(-n3ccnc3)c(F)c2)N1. The van der Waals surface area contributed by atoms with E-state index >= 15 is 0 Å². The minimum Gasteiger partial charge on any atom is -0.477 e. The number of imidazole rings is 1. The van der Waals surface area contributed by atoms with Crippen molar-refractivity contribution in [2.45, 2.75) is 5.12 Å². The smallest absolute Gasteiger partial charge is 0.369 e. The number of nitrogens with zero attached hydrogens (tertiary/aromatic N) is 3. The van der Waals surface area contributed by atoms with Gasteiger partial charge in [-0.25, -0.2) is 19.2 Å². The molecule has 1 aliphatic heterocycles. The highest BCUT2D eigenvalue weighted by molar-refractivity contribution is 6.34. The van der Waals surface area contributed by atoms with Gasteiger partial charge in [0.25, 0.3) is 0 Å². The molecule has 0 saturated carbocycles. The van der Waals surface area contributed by atoms with E-state index in [9.17, 15) is 9.18 Å². The number of carboxylic acids is 1. The van der Waals surface area contributed by atoms with Gasteiger partial charge in [-0.2, -0.15) is 0 Å². The molecule has 0 bridgehead atoms. The van der Waals surface area contributed by atoms with Gasteiger partial charge in [0.05, 0.1) is 12.0 Å². The minimum absolute atomic E-state index is 0.284. The number of carboxylic acid groups (broad SMARTS) is 1. The van der Waals surface area contributed by atoms with Gasteiger partial charge in [-0.05, 0) is 24.3 Å². The summed E-state index contributed by atoms with van der Waals surface area (Å²) in [7, 11) is 0. The largest absolute Gasteiger partial charge is 0.477 e. The summed E-state index contributed by atoms with van der Waals surface area (Å²) in [5.74, 6) is -1.52. The third-order valence-corrected chi connectivity index (χ3v) is 3.44. The maximum atomic E-state index is 14.2. The Balaban J connectivity index is 1.79. The predicted molar refractivity (Wildman–Crippen MR) is 83.1 cm³/mol. The van der Waals surface area contributed by atoms with Crippen LogP contribution >= 0.6 is 11.6 Å². The summed E-state index contributed by atoms with van der Waals surface area (Å²) in [6, 6.07) is 4.49. The molecule has 9 heteroatoms. The first-order valence-corrected chi connectivity index (χ1v) is 6.87. The van der Waals surface area contributed by atoms with Crippen molar-refractivity contribution in [3.63, 3.8) is 0 Å². The van der Waals surface area contributed by atoms with Gasteiger partial charge in [-0.15, -0.1) is 0 Å². The summed E-state index contributed by atoms with van der Waals surface area (Å²) in [5.41, 5.74) is 0.766. The van der Waals surface area contributed by atoms with Crippen LogP contribution < -0.4 is 10.6 Å². The molecule has 1 aliphatic rings. The normalized spacial score (nSPS) is 19.8. The molecule has 0 amide bonds. The molecule has 0 fully saturated rings. The van der Waals surface area contributed by atoms with Gasteiger partial charge >= 0.3 is 11.1 Å². The van der Waals surface area contributed by atoms with E-state index in [1.165, 1.54) is 29.3 Å². The number of carbonyl (C=O) groups is 1. The molecule has 1 atom stereocenters. The van der Waals surface area contributed by atoms with E-state index < -0.39 is 16.9 Å². The van der Waals surface area contributed by atoms with E-state index in [2.05, 4.69) is 20.6 Å². The minimum atomic E-state index is -1.98. The van der Waals surface area contributed by atoms with Crippen LogP contribution in [0.3, 0.4) is 0 Å². The van der Waals surface area contributed by atoms with Crippen LogP contribution in [0.5, 0.6) is 0 Å². The number of aliphatic carboxylic acids is 1. The second-order valence-corrected chi connectivity index (χ2v) is 5.22. The second-order valence-electron chi connectivity index (χ2n) is 4.67. The van der Waals surface area contributed by atoms with Crippen LogP contribution in [0.25, 0.3) is 5.69 Å². The van der Waals surface area contributed by atoms with E-state index in [-0.39, 0.29) is 5.82 Å². The molecule has 1 aromatic carbocycles. The molecule has 2 heterocycles. The number of rotatable bonds is 4. The number of nitrogens with one attached hydrogen (secondary N) is 2. The van der Waals surface area contributed by atoms with Gasteiger partial charge in [-0.1, -0.05) is 11.6 Å². The Bertz CT molecular complexity index is 806. The molecule has 1 aromatic heterocycles. The molecule has 118 valence electrons. The Morgan fingerprint density at radius 1 is 1.48 bits per heavy atom. The van der Waals surface area contributed by atoms with Crippen molar-refractivity contribution in [2.75, 3.05) is 5.32 Å². The standard InChI is InChI=1S/C14H11ClFN5O2/c15-14(13(22)23)18-4-3-12(20-14)19-9-1-2-11(10(16)7-9)21-6-5-17-8-21/h1-8,19-20H,(H,22,23). The number of halogens is 2. The van der Waals surface area contributed by atoms with E-state index in [1.54, 1.807) is 24.5 Å².